The van der Waals surface area contributed by atoms with Crippen LogP contribution in [0.1, 0.15) is 0 Å². The molecule has 0 saturated heterocycles. The number of nitroso groups, excluding NO2 is 1. The van der Waals surface area contributed by atoms with E-state index >= 15 is 0 Å². The van der Waals surface area contributed by atoms with Gasteiger partial charge in [-0.1, -0.05) is 0 Å². The Morgan fingerprint density at radius 2 is 2.60 bits per heavy atom. The summed E-state index contributed by atoms with van der Waals surface area (Å²) in [6.45, 7) is 0. The predicted molar refractivity (Wildman–Crippen MR) is 37.3 cm³/mol. The zero-order valence-corrected chi connectivity index (χ0v) is 5.48. The molecule has 1 aromatic rings. The number of anilines is 1. The Kier molecular flexibility index (Phi) is 1.94. The van der Waals surface area contributed by atoms with Gasteiger partial charge in [0, 0.05) is 25.5 Å². The second-order valence-corrected chi connectivity index (χ2v) is 1.73. The molecule has 0 spiro atoms. The molecule has 0 bridgehead atoms. The third-order valence-electron chi connectivity index (χ3n) is 1.08. The smallest absolute Gasteiger partial charge is 0.0733 e. The number of aromatic nitrogens is 1. The molecule has 4 heteroatoms. The molecule has 0 N–H and O–H groups in total. The maximum absolute atomic E-state index is 9.94. The zero-order valence-electron chi connectivity index (χ0n) is 5.48. The molecule has 4 nitrogen and oxygen atoms in total. The number of hydrogen-bond acceptors (Lipinski definition) is 3. The molecule has 1 radical (unpaired) electrons. The van der Waals surface area contributed by atoms with Gasteiger partial charge in [0.25, 0.3) is 0 Å². The minimum absolute atomic E-state index is 0.616. The van der Waals surface area contributed by atoms with Gasteiger partial charge in [-0.25, -0.2) is 5.01 Å². The van der Waals surface area contributed by atoms with Gasteiger partial charge in [0.1, 0.15) is 0 Å². The first kappa shape index (κ1) is 6.67. The van der Waals surface area contributed by atoms with Crippen molar-refractivity contribution in [3.63, 3.8) is 0 Å². The second kappa shape index (κ2) is 2.91. The van der Waals surface area contributed by atoms with E-state index < -0.39 is 0 Å². The molecule has 1 aromatic heterocycles. The van der Waals surface area contributed by atoms with Crippen LogP contribution in [0.15, 0.2) is 23.7 Å². The van der Waals surface area contributed by atoms with Gasteiger partial charge in [-0.05, 0) is 6.07 Å². The van der Waals surface area contributed by atoms with E-state index in [0.29, 0.717) is 5.69 Å². The Labute approximate surface area is 58.4 Å². The van der Waals surface area contributed by atoms with Crippen LogP contribution in [-0.4, -0.2) is 12.0 Å². The van der Waals surface area contributed by atoms with Gasteiger partial charge in [0.2, 0.25) is 0 Å². The summed E-state index contributed by atoms with van der Waals surface area (Å²) in [5.41, 5.74) is 0.616. The van der Waals surface area contributed by atoms with E-state index in [9.17, 15) is 4.91 Å². The summed E-state index contributed by atoms with van der Waals surface area (Å²) >= 11 is 0. The largest absolute Gasteiger partial charge is 0.264 e. The van der Waals surface area contributed by atoms with Gasteiger partial charge in [0.05, 0.1) is 11.0 Å². The minimum atomic E-state index is 0.616. The van der Waals surface area contributed by atoms with Crippen molar-refractivity contribution >= 4 is 5.69 Å². The van der Waals surface area contributed by atoms with E-state index in [-0.39, 0.29) is 0 Å². The number of rotatable bonds is 2. The Bertz CT molecular complexity index is 211. The normalized spacial score (nSPS) is 8.90. The Balaban J connectivity index is 2.84. The molecule has 0 amide bonds. The van der Waals surface area contributed by atoms with E-state index in [1.165, 1.54) is 11.2 Å². The highest BCUT2D eigenvalue weighted by Gasteiger charge is 1.95. The van der Waals surface area contributed by atoms with Crippen LogP contribution in [0.25, 0.3) is 0 Å². The van der Waals surface area contributed by atoms with Crippen LogP contribution in [-0.2, 0) is 0 Å². The summed E-state index contributed by atoms with van der Waals surface area (Å²) in [4.78, 5) is 13.7. The lowest BCUT2D eigenvalue weighted by Crippen LogP contribution is -2.06. The fourth-order valence-electron chi connectivity index (χ4n) is 0.553. The summed E-state index contributed by atoms with van der Waals surface area (Å²) in [7, 11) is 1.55. The van der Waals surface area contributed by atoms with Crippen LogP contribution >= 0.6 is 0 Å². The van der Waals surface area contributed by atoms with Crippen LogP contribution in [0.3, 0.4) is 0 Å². The summed E-state index contributed by atoms with van der Waals surface area (Å²) in [6, 6.07) is 4.39. The summed E-state index contributed by atoms with van der Waals surface area (Å²) < 4.78 is 0. The molecular weight excluding hydrogens is 130 g/mol. The van der Waals surface area contributed by atoms with E-state index in [1.54, 1.807) is 19.3 Å². The van der Waals surface area contributed by atoms with Crippen molar-refractivity contribution in [3.8, 4) is 0 Å². The first-order valence-electron chi connectivity index (χ1n) is 2.73. The third kappa shape index (κ3) is 1.28. The molecule has 0 atom stereocenters. The molecule has 0 aliphatic rings. The average Bonchev–Trinajstić information content (AvgIpc) is 2.05. The van der Waals surface area contributed by atoms with E-state index in [2.05, 4.69) is 16.3 Å². The molecule has 0 aromatic carbocycles. The fourth-order valence-corrected chi connectivity index (χ4v) is 0.553. The Hall–Kier alpha value is -1.45. The Morgan fingerprint density at radius 1 is 1.80 bits per heavy atom. The van der Waals surface area contributed by atoms with Crippen LogP contribution in [0.2, 0.25) is 0 Å². The van der Waals surface area contributed by atoms with Crippen LogP contribution in [0.5, 0.6) is 0 Å². The fraction of sp³-hybridized carbons (Fsp3) is 0.167. The molecule has 51 valence electrons. The average molecular weight is 136 g/mol. The maximum atomic E-state index is 9.94. The lowest BCUT2D eigenvalue weighted by Gasteiger charge is -2.05. The minimum Gasteiger partial charge on any atom is -0.264 e. The van der Waals surface area contributed by atoms with Crippen molar-refractivity contribution in [2.75, 3.05) is 12.1 Å². The van der Waals surface area contributed by atoms with Crippen molar-refractivity contribution in [3.05, 3.63) is 29.4 Å². The number of pyridine rings is 1. The maximum Gasteiger partial charge on any atom is 0.0733 e. The van der Waals surface area contributed by atoms with Crippen molar-refractivity contribution in [2.24, 2.45) is 5.29 Å². The van der Waals surface area contributed by atoms with E-state index in [1.807, 2.05) is 0 Å². The molecule has 1 heterocycles. The van der Waals surface area contributed by atoms with Gasteiger partial charge in [-0.15, -0.1) is 4.91 Å². The second-order valence-electron chi connectivity index (χ2n) is 1.73. The summed E-state index contributed by atoms with van der Waals surface area (Å²) in [5, 5.41) is 3.87. The highest BCUT2D eigenvalue weighted by atomic mass is 16.3. The number of hydrogen-bond donors (Lipinski definition) is 0. The van der Waals surface area contributed by atoms with Gasteiger partial charge in [-0.3, -0.25) is 4.98 Å². The SMILES string of the molecule is CN(N=O)c1[c]cncc1. The molecule has 10 heavy (non-hydrogen) atoms. The lowest BCUT2D eigenvalue weighted by atomic mass is 10.4. The molecule has 0 unspecified atom stereocenters. The lowest BCUT2D eigenvalue weighted by molar-refractivity contribution is 0.998. The topological polar surface area (TPSA) is 45.6 Å². The van der Waals surface area contributed by atoms with Gasteiger partial charge < -0.3 is 0 Å². The molecule has 0 aliphatic heterocycles. The van der Waals surface area contributed by atoms with Gasteiger partial charge in [-0.2, -0.15) is 0 Å². The van der Waals surface area contributed by atoms with Crippen LogP contribution < -0.4 is 5.01 Å². The molecule has 0 saturated carbocycles. The summed E-state index contributed by atoms with van der Waals surface area (Å²) in [5.74, 6) is 0. The first-order chi connectivity index (χ1) is 4.84. The van der Waals surface area contributed by atoms with Crippen molar-refractivity contribution in [1.29, 1.82) is 0 Å². The van der Waals surface area contributed by atoms with Crippen LogP contribution in [0.4, 0.5) is 5.69 Å². The van der Waals surface area contributed by atoms with E-state index in [4.69, 9.17) is 0 Å². The van der Waals surface area contributed by atoms with Gasteiger partial charge in [0.15, 0.2) is 0 Å². The van der Waals surface area contributed by atoms with Crippen molar-refractivity contribution in [1.82, 2.24) is 4.98 Å². The van der Waals surface area contributed by atoms with Crippen molar-refractivity contribution < 1.29 is 0 Å². The summed E-state index contributed by atoms with van der Waals surface area (Å²) in [6.07, 6.45) is 3.06. The predicted octanol–water partition coefficient (Wildman–Crippen LogP) is 0.999. The molecule has 0 fully saturated rings. The van der Waals surface area contributed by atoms with Crippen molar-refractivity contribution in [2.45, 2.75) is 0 Å². The zero-order chi connectivity index (χ0) is 7.40. The van der Waals surface area contributed by atoms with Crippen LogP contribution in [0, 0.1) is 11.0 Å². The highest BCUT2D eigenvalue weighted by Crippen LogP contribution is 2.07. The highest BCUT2D eigenvalue weighted by molar-refractivity contribution is 5.40. The van der Waals surface area contributed by atoms with Gasteiger partial charge >= 0.3 is 0 Å². The molecule has 1 rings (SSSR count). The molecule has 0 aliphatic carbocycles. The standard InChI is InChI=1S/C6H6N3O/c1-9(8-10)6-2-4-7-5-3-6/h2,4-5H,1H3. The number of nitrogens with zero attached hydrogens (tertiary/aromatic N) is 3. The van der Waals surface area contributed by atoms with E-state index in [0.717, 1.165) is 0 Å². The third-order valence-corrected chi connectivity index (χ3v) is 1.08. The monoisotopic (exact) mass is 136 g/mol. The molecular formula is C6H6N3O. The Morgan fingerprint density at radius 3 is 3.10 bits per heavy atom. The quantitative estimate of drug-likeness (QED) is 0.450. The first-order valence-corrected chi connectivity index (χ1v) is 2.73.